The van der Waals surface area contributed by atoms with Crippen LogP contribution in [0.2, 0.25) is 0 Å². The summed E-state index contributed by atoms with van der Waals surface area (Å²) < 4.78 is 7.03. The molecule has 2 aromatic rings. The molecule has 0 aromatic carbocycles. The maximum atomic E-state index is 11.8. The smallest absolute Gasteiger partial charge is 0.240 e. The minimum absolute atomic E-state index is 0.198. The van der Waals surface area contributed by atoms with Crippen LogP contribution >= 0.6 is 0 Å². The minimum atomic E-state index is 0.198. The number of nitrogens with zero attached hydrogens (tertiary/aromatic N) is 6. The molecule has 4 heterocycles. The SMILES string of the molecule is O=C1CCCN1c1cnn(C2CCN(Cc3ncno3)C2)c1. The molecular weight excluding hydrogens is 284 g/mol. The summed E-state index contributed by atoms with van der Waals surface area (Å²) >= 11 is 0. The lowest BCUT2D eigenvalue weighted by molar-refractivity contribution is -0.117. The summed E-state index contributed by atoms with van der Waals surface area (Å²) in [5.41, 5.74) is 0.915. The fourth-order valence-corrected chi connectivity index (χ4v) is 3.22. The highest BCUT2D eigenvalue weighted by atomic mass is 16.5. The normalized spacial score (nSPS) is 22.8. The number of likely N-dealkylation sites (tertiary alicyclic amines) is 1. The lowest BCUT2D eigenvalue weighted by atomic mass is 10.3. The Morgan fingerprint density at radius 3 is 3.09 bits per heavy atom. The van der Waals surface area contributed by atoms with E-state index in [1.807, 2.05) is 15.8 Å². The fourth-order valence-electron chi connectivity index (χ4n) is 3.22. The van der Waals surface area contributed by atoms with Crippen molar-refractivity contribution < 1.29 is 9.32 Å². The first kappa shape index (κ1) is 13.4. The Labute approximate surface area is 127 Å². The van der Waals surface area contributed by atoms with Crippen LogP contribution in [0.25, 0.3) is 0 Å². The molecule has 2 saturated heterocycles. The van der Waals surface area contributed by atoms with Crippen molar-refractivity contribution in [3.63, 3.8) is 0 Å². The van der Waals surface area contributed by atoms with E-state index in [0.29, 0.717) is 24.9 Å². The summed E-state index contributed by atoms with van der Waals surface area (Å²) in [6, 6.07) is 0.328. The molecular formula is C14H18N6O2. The van der Waals surface area contributed by atoms with E-state index < -0.39 is 0 Å². The summed E-state index contributed by atoms with van der Waals surface area (Å²) in [5.74, 6) is 0.841. The number of hydrogen-bond acceptors (Lipinski definition) is 6. The predicted octanol–water partition coefficient (Wildman–Crippen LogP) is 0.840. The van der Waals surface area contributed by atoms with E-state index in [9.17, 15) is 4.79 Å². The van der Waals surface area contributed by atoms with Crippen LogP contribution in [-0.2, 0) is 11.3 Å². The van der Waals surface area contributed by atoms with Crippen LogP contribution in [-0.4, -0.2) is 50.4 Å². The molecule has 8 heteroatoms. The van der Waals surface area contributed by atoms with Crippen LogP contribution in [0.15, 0.2) is 23.2 Å². The van der Waals surface area contributed by atoms with E-state index in [-0.39, 0.29) is 5.91 Å². The minimum Gasteiger partial charge on any atom is -0.338 e. The van der Waals surface area contributed by atoms with Gasteiger partial charge in [-0.1, -0.05) is 5.16 Å². The number of carbonyl (C=O) groups is 1. The van der Waals surface area contributed by atoms with Gasteiger partial charge in [-0.2, -0.15) is 10.1 Å². The van der Waals surface area contributed by atoms with Crippen LogP contribution in [0.4, 0.5) is 5.69 Å². The molecule has 0 N–H and O–H groups in total. The second-order valence-corrected chi connectivity index (χ2v) is 5.84. The van der Waals surface area contributed by atoms with Gasteiger partial charge in [0.25, 0.3) is 0 Å². The molecule has 2 aliphatic heterocycles. The third-order valence-corrected chi connectivity index (χ3v) is 4.36. The van der Waals surface area contributed by atoms with Crippen molar-refractivity contribution in [3.8, 4) is 0 Å². The monoisotopic (exact) mass is 302 g/mol. The van der Waals surface area contributed by atoms with Gasteiger partial charge >= 0.3 is 0 Å². The van der Waals surface area contributed by atoms with Crippen LogP contribution in [0, 0.1) is 0 Å². The summed E-state index contributed by atoms with van der Waals surface area (Å²) in [7, 11) is 0. The van der Waals surface area contributed by atoms with E-state index in [1.54, 1.807) is 6.20 Å². The van der Waals surface area contributed by atoms with Gasteiger partial charge in [0.05, 0.1) is 24.5 Å². The van der Waals surface area contributed by atoms with Crippen molar-refractivity contribution in [2.24, 2.45) is 0 Å². The van der Waals surface area contributed by atoms with Gasteiger partial charge in [-0.25, -0.2) is 0 Å². The maximum Gasteiger partial charge on any atom is 0.240 e. The highest BCUT2D eigenvalue weighted by Gasteiger charge is 2.27. The number of aromatic nitrogens is 4. The zero-order valence-corrected chi connectivity index (χ0v) is 12.3. The molecule has 0 saturated carbocycles. The van der Waals surface area contributed by atoms with Crippen molar-refractivity contribution in [1.82, 2.24) is 24.8 Å². The van der Waals surface area contributed by atoms with E-state index in [1.165, 1.54) is 6.33 Å². The highest BCUT2D eigenvalue weighted by Crippen LogP contribution is 2.26. The van der Waals surface area contributed by atoms with E-state index in [4.69, 9.17) is 4.52 Å². The molecule has 0 aliphatic carbocycles. The third kappa shape index (κ3) is 2.50. The van der Waals surface area contributed by atoms with E-state index in [2.05, 4.69) is 20.1 Å². The molecule has 1 atom stereocenters. The lowest BCUT2D eigenvalue weighted by Gasteiger charge is -2.14. The molecule has 116 valence electrons. The molecule has 2 aromatic heterocycles. The topological polar surface area (TPSA) is 80.3 Å². The van der Waals surface area contributed by atoms with Crippen molar-refractivity contribution in [2.45, 2.75) is 31.8 Å². The largest absolute Gasteiger partial charge is 0.338 e. The zero-order chi connectivity index (χ0) is 14.9. The van der Waals surface area contributed by atoms with Gasteiger partial charge in [-0.3, -0.25) is 14.4 Å². The van der Waals surface area contributed by atoms with E-state index in [0.717, 1.165) is 38.2 Å². The Balaban J connectivity index is 1.41. The van der Waals surface area contributed by atoms with E-state index >= 15 is 0 Å². The van der Waals surface area contributed by atoms with Crippen molar-refractivity contribution in [1.29, 1.82) is 0 Å². The molecule has 22 heavy (non-hydrogen) atoms. The fraction of sp³-hybridized carbons (Fsp3) is 0.571. The highest BCUT2D eigenvalue weighted by molar-refractivity contribution is 5.95. The zero-order valence-electron chi connectivity index (χ0n) is 12.3. The summed E-state index contributed by atoms with van der Waals surface area (Å²) in [6.07, 6.45) is 7.82. The van der Waals surface area contributed by atoms with Crippen LogP contribution in [0.5, 0.6) is 0 Å². The Hall–Kier alpha value is -2.22. The maximum absolute atomic E-state index is 11.8. The quantitative estimate of drug-likeness (QED) is 0.832. The summed E-state index contributed by atoms with van der Waals surface area (Å²) in [5, 5.41) is 8.08. The molecule has 0 bridgehead atoms. The first-order valence-corrected chi connectivity index (χ1v) is 7.62. The summed E-state index contributed by atoms with van der Waals surface area (Å²) in [4.78, 5) is 20.0. The lowest BCUT2D eigenvalue weighted by Crippen LogP contribution is -2.23. The number of amides is 1. The van der Waals surface area contributed by atoms with Crippen LogP contribution < -0.4 is 4.90 Å². The predicted molar refractivity (Wildman–Crippen MR) is 77.0 cm³/mol. The number of carbonyl (C=O) groups excluding carboxylic acids is 1. The number of anilines is 1. The van der Waals surface area contributed by atoms with Gasteiger partial charge in [-0.05, 0) is 12.8 Å². The first-order chi connectivity index (χ1) is 10.8. The Morgan fingerprint density at radius 1 is 1.36 bits per heavy atom. The van der Waals surface area contributed by atoms with Crippen molar-refractivity contribution in [2.75, 3.05) is 24.5 Å². The van der Waals surface area contributed by atoms with Crippen LogP contribution in [0.3, 0.4) is 0 Å². The molecule has 0 spiro atoms. The second kappa shape index (κ2) is 5.53. The average Bonchev–Trinajstić information content (AvgIpc) is 3.25. The molecule has 8 nitrogen and oxygen atoms in total. The third-order valence-electron chi connectivity index (χ3n) is 4.36. The molecule has 0 radical (unpaired) electrons. The molecule has 4 rings (SSSR count). The summed E-state index contributed by atoms with van der Waals surface area (Å²) in [6.45, 7) is 3.36. The van der Waals surface area contributed by atoms with Gasteiger partial charge in [0.15, 0.2) is 6.33 Å². The molecule has 2 aliphatic rings. The first-order valence-electron chi connectivity index (χ1n) is 7.62. The average molecular weight is 302 g/mol. The van der Waals surface area contributed by atoms with Crippen molar-refractivity contribution in [3.05, 3.63) is 24.6 Å². The molecule has 2 fully saturated rings. The number of rotatable bonds is 4. The van der Waals surface area contributed by atoms with Gasteiger partial charge in [0, 0.05) is 32.3 Å². The molecule has 1 amide bonds. The second-order valence-electron chi connectivity index (χ2n) is 5.84. The van der Waals surface area contributed by atoms with Gasteiger partial charge < -0.3 is 9.42 Å². The Bertz CT molecular complexity index is 652. The van der Waals surface area contributed by atoms with Gasteiger partial charge in [0.2, 0.25) is 11.8 Å². The number of hydrogen-bond donors (Lipinski definition) is 0. The van der Waals surface area contributed by atoms with Crippen LogP contribution in [0.1, 0.15) is 31.2 Å². The van der Waals surface area contributed by atoms with Gasteiger partial charge in [-0.15, -0.1) is 0 Å². The Kier molecular flexibility index (Phi) is 3.38. The van der Waals surface area contributed by atoms with Gasteiger partial charge in [0.1, 0.15) is 0 Å². The van der Waals surface area contributed by atoms with Crippen molar-refractivity contribution >= 4 is 11.6 Å². The Morgan fingerprint density at radius 2 is 2.32 bits per heavy atom. The molecule has 1 unspecified atom stereocenters. The standard InChI is InChI=1S/C14H18N6O2/c21-14-2-1-4-19(14)12-6-16-20(8-12)11-3-5-18(7-11)9-13-15-10-17-22-13/h6,8,10-11H,1-5,7,9H2.